The van der Waals surface area contributed by atoms with Crippen molar-refractivity contribution < 1.29 is 0 Å². The number of thioether (sulfide) groups is 1. The summed E-state index contributed by atoms with van der Waals surface area (Å²) in [6, 6.07) is 45.6. The maximum Gasteiger partial charge on any atom is 0.0991 e. The Labute approximate surface area is 283 Å². The van der Waals surface area contributed by atoms with E-state index in [9.17, 15) is 5.26 Å². The molecule has 0 unspecified atom stereocenters. The average molecular weight is 633 g/mol. The minimum Gasteiger partial charge on any atom is -0.309 e. The van der Waals surface area contributed by atoms with Gasteiger partial charge >= 0.3 is 0 Å². The van der Waals surface area contributed by atoms with Crippen molar-refractivity contribution in [3.05, 3.63) is 163 Å². The van der Waals surface area contributed by atoms with Gasteiger partial charge in [-0.1, -0.05) is 48.5 Å². The van der Waals surface area contributed by atoms with Crippen molar-refractivity contribution in [2.45, 2.75) is 11.5 Å². The lowest BCUT2D eigenvalue weighted by atomic mass is 9.90. The van der Waals surface area contributed by atoms with Gasteiger partial charge in [0.05, 0.1) is 22.7 Å². The molecule has 3 aromatic heterocycles. The monoisotopic (exact) mass is 632 g/mol. The summed E-state index contributed by atoms with van der Waals surface area (Å²) in [7, 11) is 0. The van der Waals surface area contributed by atoms with Crippen LogP contribution >= 0.6 is 11.8 Å². The Balaban J connectivity index is 1.23. The van der Waals surface area contributed by atoms with Crippen molar-refractivity contribution in [2.75, 3.05) is 0 Å². The fraction of sp³-hybridized carbons (Fsp3) is 0.0465. The molecule has 1 aliphatic heterocycles. The summed E-state index contributed by atoms with van der Waals surface area (Å²) in [6.07, 6.45) is 7.48. The summed E-state index contributed by atoms with van der Waals surface area (Å²) < 4.78 is 2.34. The van der Waals surface area contributed by atoms with Crippen LogP contribution in [0, 0.1) is 11.3 Å². The summed E-state index contributed by atoms with van der Waals surface area (Å²) in [6.45, 7) is 0. The number of aromatic nitrogens is 3. The molecule has 0 spiro atoms. The van der Waals surface area contributed by atoms with Crippen LogP contribution < -0.4 is 0 Å². The van der Waals surface area contributed by atoms with E-state index in [-0.39, 0.29) is 0 Å². The molecule has 48 heavy (non-hydrogen) atoms. The van der Waals surface area contributed by atoms with Crippen LogP contribution in [0.5, 0.6) is 0 Å². The molecular weight excluding hydrogens is 605 g/mol. The van der Waals surface area contributed by atoms with Crippen LogP contribution in [0.25, 0.3) is 72.0 Å². The van der Waals surface area contributed by atoms with Gasteiger partial charge in [0.1, 0.15) is 0 Å². The van der Waals surface area contributed by atoms with Gasteiger partial charge in [0, 0.05) is 63.9 Å². The van der Waals surface area contributed by atoms with Crippen molar-refractivity contribution in [2.24, 2.45) is 0 Å². The molecule has 0 aliphatic carbocycles. The van der Waals surface area contributed by atoms with Crippen LogP contribution in [0.15, 0.2) is 146 Å². The maximum absolute atomic E-state index is 9.63. The molecule has 5 aromatic carbocycles. The second-order valence-electron chi connectivity index (χ2n) is 12.2. The van der Waals surface area contributed by atoms with Gasteiger partial charge in [-0.25, -0.2) is 0 Å². The van der Waals surface area contributed by atoms with Crippen LogP contribution in [0.3, 0.4) is 0 Å². The molecule has 226 valence electrons. The number of benzene rings is 5. The molecule has 9 rings (SSSR count). The average Bonchev–Trinajstić information content (AvgIpc) is 3.37. The number of para-hydroxylation sites is 1. The van der Waals surface area contributed by atoms with Gasteiger partial charge in [0.15, 0.2) is 0 Å². The molecule has 4 nitrogen and oxygen atoms in total. The van der Waals surface area contributed by atoms with E-state index < -0.39 is 0 Å². The van der Waals surface area contributed by atoms with Crippen molar-refractivity contribution >= 4 is 33.6 Å². The largest absolute Gasteiger partial charge is 0.309 e. The zero-order chi connectivity index (χ0) is 32.0. The van der Waals surface area contributed by atoms with Crippen LogP contribution in [-0.4, -0.2) is 14.5 Å². The molecule has 0 saturated heterocycles. The summed E-state index contributed by atoms with van der Waals surface area (Å²) in [5.74, 6) is 1.92. The first-order chi connectivity index (χ1) is 23.7. The quantitative estimate of drug-likeness (QED) is 0.194. The highest BCUT2D eigenvalue weighted by molar-refractivity contribution is 7.97. The predicted octanol–water partition coefficient (Wildman–Crippen LogP) is 10.9. The molecule has 5 heteroatoms. The SMILES string of the molecule is N#Cc1ccc2c(c1)c1ccccc1n2-c1ccc2c(c1)-c1cc(-c3cc(-c4cccnc4)cc(-c4cccnc4)c3)ccc1CSC2. The Bertz CT molecular complexity index is 2490. The standard InChI is InChI=1S/C43H28N4S/c44-23-28-9-14-43-41(17-28)38-7-1-2-8-42(38)47(43)37-13-12-33-27-48-26-32-11-10-29(21-39(32)40(33)22-37)34-18-35(30-5-3-15-45-24-30)20-36(19-34)31-6-4-16-46-25-31/h1-22,24-25H,26-27H2. The lowest BCUT2D eigenvalue weighted by Crippen LogP contribution is -1.97. The number of rotatable bonds is 4. The fourth-order valence-corrected chi connectivity index (χ4v) is 8.04. The van der Waals surface area contributed by atoms with Gasteiger partial charge in [0.2, 0.25) is 0 Å². The molecule has 0 amide bonds. The molecule has 8 aromatic rings. The van der Waals surface area contributed by atoms with Gasteiger partial charge in [0.25, 0.3) is 0 Å². The molecule has 0 fully saturated rings. The Morgan fingerprint density at radius 1 is 0.542 bits per heavy atom. The number of fused-ring (bicyclic) bond motifs is 6. The van der Waals surface area contributed by atoms with E-state index in [4.69, 9.17) is 0 Å². The van der Waals surface area contributed by atoms with Crippen LogP contribution in [0.1, 0.15) is 16.7 Å². The lowest BCUT2D eigenvalue weighted by Gasteiger charge is -2.16. The molecule has 0 radical (unpaired) electrons. The number of hydrogen-bond acceptors (Lipinski definition) is 4. The Kier molecular flexibility index (Phi) is 6.88. The normalized spacial score (nSPS) is 12.3. The molecule has 0 atom stereocenters. The van der Waals surface area contributed by atoms with Crippen molar-refractivity contribution in [1.29, 1.82) is 5.26 Å². The molecule has 4 heterocycles. The topological polar surface area (TPSA) is 54.5 Å². The van der Waals surface area contributed by atoms with Gasteiger partial charge in [-0.15, -0.1) is 0 Å². The molecule has 0 saturated carbocycles. The highest BCUT2D eigenvalue weighted by Crippen LogP contribution is 2.42. The summed E-state index contributed by atoms with van der Waals surface area (Å²) >= 11 is 1.96. The van der Waals surface area contributed by atoms with Gasteiger partial charge in [-0.2, -0.15) is 17.0 Å². The summed E-state index contributed by atoms with van der Waals surface area (Å²) in [5, 5.41) is 11.9. The van der Waals surface area contributed by atoms with Crippen molar-refractivity contribution in [3.63, 3.8) is 0 Å². The first kappa shape index (κ1) is 28.3. The predicted molar refractivity (Wildman–Crippen MR) is 198 cm³/mol. The Hall–Kier alpha value is -5.96. The second kappa shape index (κ2) is 11.7. The zero-order valence-corrected chi connectivity index (χ0v) is 26.8. The summed E-state index contributed by atoms with van der Waals surface area (Å²) in [5.41, 5.74) is 16.0. The fourth-order valence-electron chi connectivity index (χ4n) is 7.00. The van der Waals surface area contributed by atoms with Crippen LogP contribution in [0.4, 0.5) is 0 Å². The third-order valence-corrected chi connectivity index (χ3v) is 10.4. The Morgan fingerprint density at radius 3 is 1.88 bits per heavy atom. The second-order valence-corrected chi connectivity index (χ2v) is 13.2. The van der Waals surface area contributed by atoms with Crippen LogP contribution in [0.2, 0.25) is 0 Å². The van der Waals surface area contributed by atoms with E-state index in [2.05, 4.69) is 118 Å². The van der Waals surface area contributed by atoms with E-state index in [1.165, 1.54) is 27.8 Å². The van der Waals surface area contributed by atoms with Crippen molar-refractivity contribution in [3.8, 4) is 56.3 Å². The third-order valence-electron chi connectivity index (χ3n) is 9.32. The minimum absolute atomic E-state index is 0.671. The summed E-state index contributed by atoms with van der Waals surface area (Å²) in [4.78, 5) is 8.81. The van der Waals surface area contributed by atoms with Gasteiger partial charge in [-0.05, 0) is 117 Å². The van der Waals surface area contributed by atoms with Crippen molar-refractivity contribution in [1.82, 2.24) is 14.5 Å². The lowest BCUT2D eigenvalue weighted by molar-refractivity contribution is 1.17. The number of nitrogens with zero attached hydrogens (tertiary/aromatic N) is 4. The minimum atomic E-state index is 0.671. The molecular formula is C43H28N4S. The van der Waals surface area contributed by atoms with E-state index in [0.717, 1.165) is 66.8 Å². The molecule has 0 bridgehead atoms. The van der Waals surface area contributed by atoms with E-state index in [1.54, 1.807) is 0 Å². The van der Waals surface area contributed by atoms with E-state index in [0.29, 0.717) is 5.56 Å². The van der Waals surface area contributed by atoms with Crippen LogP contribution in [-0.2, 0) is 11.5 Å². The number of nitriles is 1. The van der Waals surface area contributed by atoms with E-state index >= 15 is 0 Å². The molecule has 1 aliphatic rings. The van der Waals surface area contributed by atoms with Gasteiger partial charge in [-0.3, -0.25) is 9.97 Å². The zero-order valence-electron chi connectivity index (χ0n) is 26.0. The smallest absolute Gasteiger partial charge is 0.0991 e. The van der Waals surface area contributed by atoms with Gasteiger partial charge < -0.3 is 4.57 Å². The first-order valence-corrected chi connectivity index (χ1v) is 17.1. The highest BCUT2D eigenvalue weighted by Gasteiger charge is 2.19. The number of pyridine rings is 2. The first-order valence-electron chi connectivity index (χ1n) is 16.0. The molecule has 0 N–H and O–H groups in total. The third kappa shape index (κ3) is 4.86. The van der Waals surface area contributed by atoms with E-state index in [1.807, 2.05) is 60.8 Å². The highest BCUT2D eigenvalue weighted by atomic mass is 32.2. The number of hydrogen-bond donors (Lipinski definition) is 0. The maximum atomic E-state index is 9.63. The Morgan fingerprint density at radius 2 is 1.19 bits per heavy atom.